The molecule has 2 heterocycles. The van der Waals surface area contributed by atoms with Crippen LogP contribution in [-0.2, 0) is 4.74 Å². The first kappa shape index (κ1) is 16.1. The first-order chi connectivity index (χ1) is 11.2. The van der Waals surface area contributed by atoms with Crippen LogP contribution in [-0.4, -0.2) is 42.2 Å². The van der Waals surface area contributed by atoms with Gasteiger partial charge in [0.2, 0.25) is 0 Å². The molecule has 0 amide bonds. The van der Waals surface area contributed by atoms with Crippen LogP contribution in [0.4, 0.5) is 0 Å². The van der Waals surface area contributed by atoms with Crippen molar-refractivity contribution in [3.63, 3.8) is 0 Å². The van der Waals surface area contributed by atoms with Gasteiger partial charge < -0.3 is 14.2 Å². The van der Waals surface area contributed by atoms with Gasteiger partial charge in [0.15, 0.2) is 0 Å². The van der Waals surface area contributed by atoms with Gasteiger partial charge >= 0.3 is 5.97 Å². The fourth-order valence-corrected chi connectivity index (χ4v) is 3.52. The average molecular weight is 314 g/mol. The highest BCUT2D eigenvalue weighted by Crippen LogP contribution is 2.28. The van der Waals surface area contributed by atoms with E-state index in [9.17, 15) is 4.79 Å². The molecule has 4 nitrogen and oxygen atoms in total. The number of rotatable bonds is 5. The van der Waals surface area contributed by atoms with E-state index in [1.54, 1.807) is 0 Å². The van der Waals surface area contributed by atoms with E-state index in [-0.39, 0.29) is 5.97 Å². The van der Waals surface area contributed by atoms with E-state index in [4.69, 9.17) is 4.74 Å². The highest BCUT2D eigenvalue weighted by Gasteiger charge is 2.21. The van der Waals surface area contributed by atoms with Gasteiger partial charge in [-0.1, -0.05) is 19.4 Å². The molecule has 1 aliphatic heterocycles. The van der Waals surface area contributed by atoms with E-state index in [1.807, 2.05) is 18.2 Å². The normalized spacial score (nSPS) is 16.8. The molecular weight excluding hydrogens is 288 g/mol. The number of esters is 1. The number of carbonyl (C=O) groups excluding carboxylic acids is 1. The fraction of sp³-hybridized carbons (Fsp3) is 0.526. The third-order valence-electron chi connectivity index (χ3n) is 4.92. The number of benzene rings is 1. The van der Waals surface area contributed by atoms with Gasteiger partial charge in [0.25, 0.3) is 0 Å². The minimum absolute atomic E-state index is 0.269. The molecule has 0 atom stereocenters. The van der Waals surface area contributed by atoms with E-state index >= 15 is 0 Å². The first-order valence-electron chi connectivity index (χ1n) is 8.64. The lowest BCUT2D eigenvalue weighted by molar-refractivity contribution is 0.0601. The number of fused-ring (bicyclic) bond motifs is 1. The second kappa shape index (κ2) is 7.18. The van der Waals surface area contributed by atoms with Crippen molar-refractivity contribution < 1.29 is 9.53 Å². The molecule has 0 spiro atoms. The second-order valence-corrected chi connectivity index (χ2v) is 6.41. The van der Waals surface area contributed by atoms with Gasteiger partial charge in [0.1, 0.15) is 0 Å². The monoisotopic (exact) mass is 314 g/mol. The second-order valence-electron chi connectivity index (χ2n) is 6.41. The summed E-state index contributed by atoms with van der Waals surface area (Å²) in [7, 11) is 1.43. The van der Waals surface area contributed by atoms with Gasteiger partial charge in [-0.15, -0.1) is 0 Å². The van der Waals surface area contributed by atoms with Gasteiger partial charge in [-0.3, -0.25) is 0 Å². The number of ether oxygens (including phenoxy) is 1. The standard InChI is InChI=1S/C19H26N2O2/c1-3-4-10-20-11-8-17(9-12-20)21-13-7-15-5-6-16(14-18(15)21)19(22)23-2/h5-7,13-14,17H,3-4,8-12H2,1-2H3. The summed E-state index contributed by atoms with van der Waals surface area (Å²) in [6, 6.07) is 8.48. The molecule has 0 bridgehead atoms. The molecule has 0 unspecified atom stereocenters. The summed E-state index contributed by atoms with van der Waals surface area (Å²) in [6.07, 6.45) is 7.07. The van der Waals surface area contributed by atoms with Crippen LogP contribution < -0.4 is 0 Å². The molecule has 4 heteroatoms. The van der Waals surface area contributed by atoms with Crippen LogP contribution in [0.1, 0.15) is 49.0 Å². The van der Waals surface area contributed by atoms with Gasteiger partial charge in [-0.2, -0.15) is 0 Å². The number of unbranched alkanes of at least 4 members (excludes halogenated alkanes) is 1. The Bertz CT molecular complexity index is 669. The number of carbonyl (C=O) groups is 1. The Balaban J connectivity index is 1.77. The Morgan fingerprint density at radius 3 is 2.74 bits per heavy atom. The first-order valence-corrected chi connectivity index (χ1v) is 8.64. The van der Waals surface area contributed by atoms with Crippen LogP contribution >= 0.6 is 0 Å². The molecule has 124 valence electrons. The fourth-order valence-electron chi connectivity index (χ4n) is 3.52. The maximum Gasteiger partial charge on any atom is 0.337 e. The lowest BCUT2D eigenvalue weighted by atomic mass is 10.0. The lowest BCUT2D eigenvalue weighted by Gasteiger charge is -2.33. The van der Waals surface area contributed by atoms with Gasteiger partial charge in [0.05, 0.1) is 12.7 Å². The van der Waals surface area contributed by atoms with E-state index in [0.29, 0.717) is 11.6 Å². The quantitative estimate of drug-likeness (QED) is 0.786. The van der Waals surface area contributed by atoms with Gasteiger partial charge in [0, 0.05) is 30.8 Å². The third-order valence-corrected chi connectivity index (χ3v) is 4.92. The summed E-state index contributed by atoms with van der Waals surface area (Å²) in [5.41, 5.74) is 1.76. The Labute approximate surface area is 138 Å². The van der Waals surface area contributed by atoms with Crippen molar-refractivity contribution in [2.75, 3.05) is 26.7 Å². The number of hydrogen-bond acceptors (Lipinski definition) is 3. The Hall–Kier alpha value is -1.81. The molecule has 1 aromatic heterocycles. The molecule has 1 aliphatic rings. The number of methoxy groups -OCH3 is 1. The van der Waals surface area contributed by atoms with Crippen LogP contribution in [0.3, 0.4) is 0 Å². The zero-order valence-corrected chi connectivity index (χ0v) is 14.1. The lowest BCUT2D eigenvalue weighted by Crippen LogP contribution is -2.35. The Morgan fingerprint density at radius 2 is 2.04 bits per heavy atom. The topological polar surface area (TPSA) is 34.5 Å². The number of piperidine rings is 1. The molecule has 23 heavy (non-hydrogen) atoms. The summed E-state index contributed by atoms with van der Waals surface area (Å²) in [5.74, 6) is -0.269. The van der Waals surface area contributed by atoms with E-state index < -0.39 is 0 Å². The highest BCUT2D eigenvalue weighted by atomic mass is 16.5. The van der Waals surface area contributed by atoms with Gasteiger partial charge in [-0.25, -0.2) is 4.79 Å². The molecule has 3 rings (SSSR count). The summed E-state index contributed by atoms with van der Waals surface area (Å²) >= 11 is 0. The molecule has 0 aliphatic carbocycles. The van der Waals surface area contributed by atoms with E-state index in [1.165, 1.54) is 57.8 Å². The summed E-state index contributed by atoms with van der Waals surface area (Å²) < 4.78 is 7.19. The largest absolute Gasteiger partial charge is 0.465 e. The summed E-state index contributed by atoms with van der Waals surface area (Å²) in [4.78, 5) is 14.3. The van der Waals surface area contributed by atoms with Gasteiger partial charge in [-0.05, 0) is 49.4 Å². The molecule has 2 aromatic rings. The number of aromatic nitrogens is 1. The Morgan fingerprint density at radius 1 is 1.26 bits per heavy atom. The van der Waals surface area contributed by atoms with Crippen molar-refractivity contribution in [3.8, 4) is 0 Å². The van der Waals surface area contributed by atoms with Crippen molar-refractivity contribution in [1.29, 1.82) is 0 Å². The SMILES string of the molecule is CCCCN1CCC(n2ccc3ccc(C(=O)OC)cc32)CC1. The highest BCUT2D eigenvalue weighted by molar-refractivity contribution is 5.94. The molecule has 0 N–H and O–H groups in total. The molecule has 0 saturated carbocycles. The van der Waals surface area contributed by atoms with Crippen LogP contribution in [0.2, 0.25) is 0 Å². The molecule has 1 aromatic carbocycles. The summed E-state index contributed by atoms with van der Waals surface area (Å²) in [6.45, 7) is 5.81. The van der Waals surface area contributed by atoms with E-state index in [0.717, 1.165) is 5.52 Å². The predicted octanol–water partition coefficient (Wildman–Crippen LogP) is 3.86. The van der Waals surface area contributed by atoms with Crippen LogP contribution in [0, 0.1) is 0 Å². The van der Waals surface area contributed by atoms with Crippen molar-refractivity contribution >= 4 is 16.9 Å². The zero-order valence-electron chi connectivity index (χ0n) is 14.1. The zero-order chi connectivity index (χ0) is 16.2. The maximum atomic E-state index is 11.8. The minimum Gasteiger partial charge on any atom is -0.465 e. The molecular formula is C19H26N2O2. The van der Waals surface area contributed by atoms with Crippen LogP contribution in [0.5, 0.6) is 0 Å². The molecule has 1 saturated heterocycles. The third kappa shape index (κ3) is 3.42. The average Bonchev–Trinajstić information content (AvgIpc) is 3.02. The van der Waals surface area contributed by atoms with Crippen molar-refractivity contribution in [2.24, 2.45) is 0 Å². The van der Waals surface area contributed by atoms with Crippen LogP contribution in [0.25, 0.3) is 10.9 Å². The molecule has 0 radical (unpaired) electrons. The van der Waals surface area contributed by atoms with Crippen molar-refractivity contribution in [2.45, 2.75) is 38.6 Å². The summed E-state index contributed by atoms with van der Waals surface area (Å²) in [5, 5.41) is 1.19. The number of likely N-dealkylation sites (tertiary alicyclic amines) is 1. The van der Waals surface area contributed by atoms with Crippen molar-refractivity contribution in [1.82, 2.24) is 9.47 Å². The van der Waals surface area contributed by atoms with Crippen molar-refractivity contribution in [3.05, 3.63) is 36.0 Å². The maximum absolute atomic E-state index is 11.8. The molecule has 1 fully saturated rings. The number of nitrogens with zero attached hydrogens (tertiary/aromatic N) is 2. The van der Waals surface area contributed by atoms with Crippen LogP contribution in [0.15, 0.2) is 30.5 Å². The predicted molar refractivity (Wildman–Crippen MR) is 92.9 cm³/mol. The Kier molecular flexibility index (Phi) is 5.01. The minimum atomic E-state index is -0.269. The number of hydrogen-bond donors (Lipinski definition) is 0. The van der Waals surface area contributed by atoms with E-state index in [2.05, 4.69) is 28.7 Å². The smallest absolute Gasteiger partial charge is 0.337 e.